The minimum atomic E-state index is -0.167. The summed E-state index contributed by atoms with van der Waals surface area (Å²) in [6.45, 7) is 5.27. The molecule has 0 saturated heterocycles. The van der Waals surface area contributed by atoms with Gasteiger partial charge in [0.25, 0.3) is 0 Å². The first-order valence-electron chi connectivity index (χ1n) is 11.1. The smallest absolute Gasteiger partial charge is 0.306 e. The van der Waals surface area contributed by atoms with E-state index in [9.17, 15) is 4.79 Å². The minimum Gasteiger partial charge on any atom is -0.461 e. The molecule has 4 nitrogen and oxygen atoms in total. The van der Waals surface area contributed by atoms with Crippen molar-refractivity contribution < 1.29 is 9.53 Å². The summed E-state index contributed by atoms with van der Waals surface area (Å²) in [5, 5.41) is 1.09. The summed E-state index contributed by atoms with van der Waals surface area (Å²) in [7, 11) is 0. The maximum atomic E-state index is 12.7. The monoisotopic (exact) mass is 470 g/mol. The van der Waals surface area contributed by atoms with E-state index in [1.165, 1.54) is 5.69 Å². The molecule has 0 N–H and O–H groups in total. The molecule has 2 aromatic carbocycles. The Kier molecular flexibility index (Phi) is 7.22. The molecule has 6 heteroatoms. The van der Waals surface area contributed by atoms with Crippen LogP contribution in [0.25, 0.3) is 0 Å². The summed E-state index contributed by atoms with van der Waals surface area (Å²) in [5.41, 5.74) is 4.35. The number of aryl methyl sites for hydroxylation is 1. The number of hydrogen-bond acceptors (Lipinski definition) is 3. The van der Waals surface area contributed by atoms with Crippen molar-refractivity contribution in [3.05, 3.63) is 86.9 Å². The summed E-state index contributed by atoms with van der Waals surface area (Å²) < 4.78 is 7.87. The Balaban J connectivity index is 1.57. The van der Waals surface area contributed by atoms with Crippen LogP contribution in [0, 0.1) is 0 Å². The van der Waals surface area contributed by atoms with E-state index in [-0.39, 0.29) is 17.8 Å². The van der Waals surface area contributed by atoms with E-state index >= 15 is 0 Å². The number of imidazole rings is 1. The second kappa shape index (κ2) is 10.1. The van der Waals surface area contributed by atoms with Crippen molar-refractivity contribution in [1.29, 1.82) is 0 Å². The normalized spacial score (nSPS) is 15.6. The number of esters is 1. The number of carbonyl (C=O) groups excluding carboxylic acids is 1. The van der Waals surface area contributed by atoms with E-state index in [1.54, 1.807) is 0 Å². The summed E-state index contributed by atoms with van der Waals surface area (Å²) in [6, 6.07) is 15.5. The third kappa shape index (κ3) is 5.19. The van der Waals surface area contributed by atoms with Crippen molar-refractivity contribution >= 4 is 29.2 Å². The zero-order valence-electron chi connectivity index (χ0n) is 18.5. The maximum absolute atomic E-state index is 12.7. The van der Waals surface area contributed by atoms with Crippen molar-refractivity contribution in [2.75, 3.05) is 0 Å². The van der Waals surface area contributed by atoms with Crippen LogP contribution in [0.2, 0.25) is 10.0 Å². The van der Waals surface area contributed by atoms with E-state index in [0.29, 0.717) is 29.6 Å². The number of ether oxygens (including phenoxy) is 1. The molecule has 3 aromatic rings. The van der Waals surface area contributed by atoms with Gasteiger partial charge >= 0.3 is 5.97 Å². The predicted molar refractivity (Wildman–Crippen MR) is 128 cm³/mol. The van der Waals surface area contributed by atoms with Gasteiger partial charge in [-0.05, 0) is 42.5 Å². The highest BCUT2D eigenvalue weighted by molar-refractivity contribution is 6.42. The summed E-state index contributed by atoms with van der Waals surface area (Å²) in [4.78, 5) is 17.7. The molecule has 1 atom stereocenters. The molecule has 1 heterocycles. The molecular weight excluding hydrogens is 443 g/mol. The topological polar surface area (TPSA) is 44.1 Å². The highest BCUT2D eigenvalue weighted by Crippen LogP contribution is 2.37. The van der Waals surface area contributed by atoms with Gasteiger partial charge in [-0.15, -0.1) is 0 Å². The lowest BCUT2D eigenvalue weighted by Gasteiger charge is -2.25. The molecule has 168 valence electrons. The molecule has 1 aliphatic carbocycles. The molecule has 1 unspecified atom stereocenters. The Bertz CT molecular complexity index is 1090. The predicted octanol–water partition coefficient (Wildman–Crippen LogP) is 6.92. The lowest BCUT2D eigenvalue weighted by Crippen LogP contribution is -2.20. The highest BCUT2D eigenvalue weighted by atomic mass is 35.5. The number of aromatic nitrogens is 2. The number of fused-ring (bicyclic) bond motifs is 1. The number of rotatable bonds is 7. The van der Waals surface area contributed by atoms with Gasteiger partial charge in [-0.3, -0.25) is 4.79 Å². The fraction of sp³-hybridized carbons (Fsp3) is 0.385. The molecule has 1 aromatic heterocycles. The number of carbonyl (C=O) groups is 1. The fourth-order valence-electron chi connectivity index (χ4n) is 4.45. The van der Waals surface area contributed by atoms with Gasteiger partial charge in [-0.1, -0.05) is 73.4 Å². The largest absolute Gasteiger partial charge is 0.461 e. The minimum absolute atomic E-state index is 0.102. The van der Waals surface area contributed by atoms with Gasteiger partial charge in [-0.25, -0.2) is 4.98 Å². The number of nitrogens with zero attached hydrogens (tertiary/aromatic N) is 2. The van der Waals surface area contributed by atoms with Crippen LogP contribution in [-0.4, -0.2) is 15.5 Å². The second-order valence-corrected chi connectivity index (χ2v) is 9.55. The van der Waals surface area contributed by atoms with E-state index < -0.39 is 0 Å². The Morgan fingerprint density at radius 3 is 2.62 bits per heavy atom. The van der Waals surface area contributed by atoms with Gasteiger partial charge in [0.2, 0.25) is 0 Å². The summed E-state index contributed by atoms with van der Waals surface area (Å²) in [5.74, 6) is 1.25. The van der Waals surface area contributed by atoms with Crippen LogP contribution in [0.15, 0.2) is 48.5 Å². The lowest BCUT2D eigenvalue weighted by atomic mass is 9.87. The third-order valence-electron chi connectivity index (χ3n) is 5.96. The quantitative estimate of drug-likeness (QED) is 0.352. The fourth-order valence-corrected chi connectivity index (χ4v) is 4.77. The molecule has 0 amide bonds. The highest BCUT2D eigenvalue weighted by Gasteiger charge is 2.30. The van der Waals surface area contributed by atoms with Gasteiger partial charge in [0, 0.05) is 24.1 Å². The molecule has 0 saturated carbocycles. The van der Waals surface area contributed by atoms with Gasteiger partial charge in [0.15, 0.2) is 0 Å². The van der Waals surface area contributed by atoms with Crippen molar-refractivity contribution in [3.63, 3.8) is 0 Å². The van der Waals surface area contributed by atoms with Crippen LogP contribution < -0.4 is 0 Å². The molecule has 0 aliphatic heterocycles. The van der Waals surface area contributed by atoms with Gasteiger partial charge in [-0.2, -0.15) is 0 Å². The van der Waals surface area contributed by atoms with Crippen molar-refractivity contribution in [1.82, 2.24) is 9.55 Å². The standard InChI is InChI=1S/C26H28Cl2N2O2/c1-17(2)26-29-23-10-6-9-20(14-24(31)32-16-18-7-4-3-5-8-18)25(23)30(26)15-19-11-12-21(27)22(28)13-19/h3-5,7-8,11-13,17,20H,6,9-10,14-16H2,1-2H3. The Morgan fingerprint density at radius 1 is 1.12 bits per heavy atom. The number of halogens is 2. The van der Waals surface area contributed by atoms with E-state index in [2.05, 4.69) is 18.4 Å². The Morgan fingerprint density at radius 2 is 1.91 bits per heavy atom. The van der Waals surface area contributed by atoms with Crippen LogP contribution in [-0.2, 0) is 29.1 Å². The van der Waals surface area contributed by atoms with E-state index in [4.69, 9.17) is 32.9 Å². The maximum Gasteiger partial charge on any atom is 0.306 e. The van der Waals surface area contributed by atoms with Gasteiger partial charge in [0.05, 0.1) is 22.2 Å². The lowest BCUT2D eigenvalue weighted by molar-refractivity contribution is -0.145. The van der Waals surface area contributed by atoms with Crippen molar-refractivity contribution in [2.24, 2.45) is 0 Å². The van der Waals surface area contributed by atoms with Gasteiger partial charge in [0.1, 0.15) is 12.4 Å². The molecule has 0 radical (unpaired) electrons. The van der Waals surface area contributed by atoms with Crippen LogP contribution >= 0.6 is 23.2 Å². The molecular formula is C26H28Cl2N2O2. The first-order chi connectivity index (χ1) is 15.4. The third-order valence-corrected chi connectivity index (χ3v) is 6.70. The Labute approximate surface area is 199 Å². The molecule has 0 spiro atoms. The first kappa shape index (κ1) is 22.9. The van der Waals surface area contributed by atoms with E-state index in [1.807, 2.05) is 48.5 Å². The molecule has 0 fully saturated rings. The zero-order chi connectivity index (χ0) is 22.7. The van der Waals surface area contributed by atoms with Crippen molar-refractivity contribution in [2.45, 2.75) is 64.5 Å². The Hall–Kier alpha value is -2.30. The summed E-state index contributed by atoms with van der Waals surface area (Å²) >= 11 is 12.4. The van der Waals surface area contributed by atoms with Crippen molar-refractivity contribution in [3.8, 4) is 0 Å². The van der Waals surface area contributed by atoms with Gasteiger partial charge < -0.3 is 9.30 Å². The number of benzene rings is 2. The molecule has 0 bridgehead atoms. The summed E-state index contributed by atoms with van der Waals surface area (Å²) in [6.07, 6.45) is 3.30. The average molecular weight is 471 g/mol. The number of hydrogen-bond donors (Lipinski definition) is 0. The first-order valence-corrected chi connectivity index (χ1v) is 11.9. The van der Waals surface area contributed by atoms with E-state index in [0.717, 1.165) is 41.9 Å². The van der Waals surface area contributed by atoms with Crippen LogP contribution in [0.5, 0.6) is 0 Å². The average Bonchev–Trinajstić information content (AvgIpc) is 3.15. The van der Waals surface area contributed by atoms with Crippen LogP contribution in [0.1, 0.15) is 73.3 Å². The van der Waals surface area contributed by atoms with Crippen LogP contribution in [0.3, 0.4) is 0 Å². The van der Waals surface area contributed by atoms with Crippen LogP contribution in [0.4, 0.5) is 0 Å². The zero-order valence-corrected chi connectivity index (χ0v) is 20.0. The molecule has 32 heavy (non-hydrogen) atoms. The SMILES string of the molecule is CC(C)c1nc2c(n1Cc1ccc(Cl)c(Cl)c1)C(CC(=O)OCc1ccccc1)CCC2. The second-order valence-electron chi connectivity index (χ2n) is 8.73. The molecule has 1 aliphatic rings. The molecule has 4 rings (SSSR count).